The summed E-state index contributed by atoms with van der Waals surface area (Å²) in [6.07, 6.45) is -0.773. The Morgan fingerprint density at radius 1 is 0.812 bits per heavy atom. The Morgan fingerprint density at radius 3 is 1.38 bits per heavy atom. The summed E-state index contributed by atoms with van der Waals surface area (Å²) in [4.78, 5) is 19.7. The maximum atomic E-state index is 9.43. The second kappa shape index (κ2) is 6.51. The maximum Gasteiger partial charge on any atom is 0.111 e. The van der Waals surface area contributed by atoms with Crippen molar-refractivity contribution in [1.29, 1.82) is 0 Å². The summed E-state index contributed by atoms with van der Waals surface area (Å²) in [5.41, 5.74) is -0.773. The van der Waals surface area contributed by atoms with E-state index >= 15 is 0 Å². The third-order valence-electron chi connectivity index (χ3n) is 1.14. The van der Waals surface area contributed by atoms with Crippen LogP contribution in [0.4, 0.5) is 0 Å². The Labute approximate surface area is 97.5 Å². The van der Waals surface area contributed by atoms with Crippen molar-refractivity contribution in [2.75, 3.05) is 13.2 Å². The Balaban J connectivity index is 3.49. The van der Waals surface area contributed by atoms with Crippen LogP contribution in [0.1, 0.15) is 41.5 Å². The lowest BCUT2D eigenvalue weighted by molar-refractivity contribution is -0.378. The summed E-state index contributed by atoms with van der Waals surface area (Å²) in [5, 5.41) is 9.43. The Morgan fingerprint density at radius 2 is 1.12 bits per heavy atom. The summed E-state index contributed by atoms with van der Waals surface area (Å²) in [5.74, 6) is 0. The third-order valence-corrected chi connectivity index (χ3v) is 1.14. The molecule has 0 fully saturated rings. The molecule has 0 saturated carbocycles. The molecule has 0 rings (SSSR count). The molecule has 0 aliphatic carbocycles. The van der Waals surface area contributed by atoms with E-state index in [4.69, 9.17) is 19.6 Å². The van der Waals surface area contributed by atoms with Crippen LogP contribution in [0.15, 0.2) is 0 Å². The van der Waals surface area contributed by atoms with Crippen molar-refractivity contribution < 1.29 is 24.7 Å². The average molecular weight is 236 g/mol. The fraction of sp³-hybridized carbons (Fsp3) is 1.00. The highest BCUT2D eigenvalue weighted by molar-refractivity contribution is 4.56. The van der Waals surface area contributed by atoms with Crippen LogP contribution in [0.2, 0.25) is 0 Å². The summed E-state index contributed by atoms with van der Waals surface area (Å²) < 4.78 is 0. The Kier molecular flexibility index (Phi) is 6.43. The number of aliphatic hydroxyl groups excluding tert-OH is 1. The molecule has 0 aromatic heterocycles. The summed E-state index contributed by atoms with van der Waals surface area (Å²) in [7, 11) is 0. The quantitative estimate of drug-likeness (QED) is 0.563. The predicted molar refractivity (Wildman–Crippen MR) is 59.6 cm³/mol. The highest BCUT2D eigenvalue weighted by Gasteiger charge is 2.15. The molecule has 0 amide bonds. The Bertz CT molecular complexity index is 160. The van der Waals surface area contributed by atoms with Gasteiger partial charge in [-0.1, -0.05) is 0 Å². The van der Waals surface area contributed by atoms with Crippen LogP contribution in [0, 0.1) is 0 Å². The molecule has 16 heavy (non-hydrogen) atoms. The van der Waals surface area contributed by atoms with E-state index in [1.165, 1.54) is 0 Å². The molecule has 5 nitrogen and oxygen atoms in total. The van der Waals surface area contributed by atoms with E-state index in [1.807, 2.05) is 41.5 Å². The van der Waals surface area contributed by atoms with Gasteiger partial charge in [-0.3, -0.25) is 0 Å². The lowest BCUT2D eigenvalue weighted by Gasteiger charge is -2.20. The van der Waals surface area contributed by atoms with Crippen LogP contribution in [-0.2, 0) is 19.6 Å². The maximum absolute atomic E-state index is 9.43. The van der Waals surface area contributed by atoms with Crippen molar-refractivity contribution in [3.8, 4) is 0 Å². The topological polar surface area (TPSA) is 57.2 Å². The number of rotatable bonds is 6. The summed E-state index contributed by atoms with van der Waals surface area (Å²) in [6.45, 7) is 11.3. The number of hydrogen-bond donors (Lipinski definition) is 1. The molecule has 0 aromatic carbocycles. The van der Waals surface area contributed by atoms with E-state index in [-0.39, 0.29) is 24.4 Å². The normalized spacial score (nSPS) is 13.5. The van der Waals surface area contributed by atoms with Crippen molar-refractivity contribution in [2.24, 2.45) is 0 Å². The lowest BCUT2D eigenvalue weighted by Crippen LogP contribution is -2.28. The number of aliphatic hydroxyl groups is 1. The molecule has 0 aromatic rings. The zero-order chi connectivity index (χ0) is 12.8. The smallest absolute Gasteiger partial charge is 0.111 e. The van der Waals surface area contributed by atoms with Crippen molar-refractivity contribution in [3.05, 3.63) is 0 Å². The highest BCUT2D eigenvalue weighted by atomic mass is 17.2. The van der Waals surface area contributed by atoms with E-state index in [0.29, 0.717) is 0 Å². The molecule has 1 N–H and O–H groups in total. The van der Waals surface area contributed by atoms with Gasteiger partial charge in [0.15, 0.2) is 0 Å². The second-order valence-corrected chi connectivity index (χ2v) is 5.61. The molecule has 0 aliphatic rings. The fourth-order valence-corrected chi connectivity index (χ4v) is 0.627. The van der Waals surface area contributed by atoms with Gasteiger partial charge in [-0.25, -0.2) is 19.6 Å². The van der Waals surface area contributed by atoms with E-state index in [9.17, 15) is 5.11 Å². The molecule has 0 bridgehead atoms. The molecule has 0 saturated heterocycles. The minimum Gasteiger partial charge on any atom is -0.388 e. The predicted octanol–water partition coefficient (Wildman–Crippen LogP) is 1.84. The largest absolute Gasteiger partial charge is 0.388 e. The van der Waals surface area contributed by atoms with Gasteiger partial charge in [0.05, 0.1) is 11.2 Å². The first-order chi connectivity index (χ1) is 7.10. The monoisotopic (exact) mass is 236 g/mol. The van der Waals surface area contributed by atoms with Gasteiger partial charge in [-0.15, -0.1) is 0 Å². The zero-order valence-electron chi connectivity index (χ0n) is 11.1. The summed E-state index contributed by atoms with van der Waals surface area (Å²) in [6, 6.07) is 0. The van der Waals surface area contributed by atoms with Gasteiger partial charge in [0.25, 0.3) is 0 Å². The average Bonchev–Trinajstić information content (AvgIpc) is 1.98. The molecular formula is C11H24O5. The first-order valence-electron chi connectivity index (χ1n) is 5.39. The molecule has 98 valence electrons. The molecule has 0 spiro atoms. The van der Waals surface area contributed by atoms with Crippen molar-refractivity contribution in [2.45, 2.75) is 58.8 Å². The number of hydrogen-bond acceptors (Lipinski definition) is 5. The Hall–Kier alpha value is -0.200. The van der Waals surface area contributed by atoms with Gasteiger partial charge in [0, 0.05) is 0 Å². The molecule has 0 radical (unpaired) electrons. The van der Waals surface area contributed by atoms with E-state index in [1.54, 1.807) is 0 Å². The lowest BCUT2D eigenvalue weighted by atomic mass is 10.2. The van der Waals surface area contributed by atoms with Crippen LogP contribution >= 0.6 is 0 Å². The van der Waals surface area contributed by atoms with Gasteiger partial charge in [-0.2, -0.15) is 0 Å². The first kappa shape index (κ1) is 15.8. The standard InChI is InChI=1S/C11H24O5/c1-10(2,3)15-13-7-9(12)8-14-16-11(4,5)6/h9,12H,7-8H2,1-6H3. The van der Waals surface area contributed by atoms with Crippen molar-refractivity contribution >= 4 is 0 Å². The fourth-order valence-electron chi connectivity index (χ4n) is 0.627. The first-order valence-corrected chi connectivity index (χ1v) is 5.39. The van der Waals surface area contributed by atoms with Crippen LogP contribution in [-0.4, -0.2) is 35.6 Å². The van der Waals surface area contributed by atoms with Crippen LogP contribution in [0.25, 0.3) is 0 Å². The molecule has 0 atom stereocenters. The van der Waals surface area contributed by atoms with Crippen molar-refractivity contribution in [1.82, 2.24) is 0 Å². The van der Waals surface area contributed by atoms with E-state index in [0.717, 1.165) is 0 Å². The molecule has 0 heterocycles. The molecular weight excluding hydrogens is 212 g/mol. The minimum atomic E-state index is -0.773. The molecule has 5 heteroatoms. The van der Waals surface area contributed by atoms with Gasteiger partial charge < -0.3 is 5.11 Å². The SMILES string of the molecule is CC(C)(C)OOCC(O)COOC(C)(C)C. The van der Waals surface area contributed by atoms with E-state index < -0.39 is 6.10 Å². The van der Waals surface area contributed by atoms with Gasteiger partial charge >= 0.3 is 0 Å². The van der Waals surface area contributed by atoms with Crippen LogP contribution < -0.4 is 0 Å². The second-order valence-electron chi connectivity index (χ2n) is 5.61. The van der Waals surface area contributed by atoms with Gasteiger partial charge in [-0.05, 0) is 41.5 Å². The highest BCUT2D eigenvalue weighted by Crippen LogP contribution is 2.09. The molecule has 0 unspecified atom stereocenters. The minimum absolute atomic E-state index is 0.0464. The molecule has 0 aliphatic heterocycles. The van der Waals surface area contributed by atoms with E-state index in [2.05, 4.69) is 0 Å². The van der Waals surface area contributed by atoms with Crippen molar-refractivity contribution in [3.63, 3.8) is 0 Å². The van der Waals surface area contributed by atoms with Gasteiger partial charge in [0.2, 0.25) is 0 Å². The summed E-state index contributed by atoms with van der Waals surface area (Å²) >= 11 is 0. The van der Waals surface area contributed by atoms with Gasteiger partial charge in [0.1, 0.15) is 19.3 Å². The van der Waals surface area contributed by atoms with Crippen LogP contribution in [0.5, 0.6) is 0 Å². The zero-order valence-corrected chi connectivity index (χ0v) is 11.1. The van der Waals surface area contributed by atoms with Crippen LogP contribution in [0.3, 0.4) is 0 Å². The third kappa shape index (κ3) is 11.9.